The number of hydrogen-bond donors (Lipinski definition) is 0. The van der Waals surface area contributed by atoms with Crippen molar-refractivity contribution in [2.75, 3.05) is 6.61 Å². The number of hydrogen-bond acceptors (Lipinski definition) is 6. The molecule has 0 aliphatic rings. The molecule has 0 saturated heterocycles. The predicted octanol–water partition coefficient (Wildman–Crippen LogP) is 7.31. The quantitative estimate of drug-likeness (QED) is 0.124. The van der Waals surface area contributed by atoms with Crippen molar-refractivity contribution < 1.29 is 4.74 Å². The summed E-state index contributed by atoms with van der Waals surface area (Å²) in [5, 5.41) is 1.26. The average molecular weight is 538 g/mol. The number of nitrogens with zero attached hydrogens (tertiary/aromatic N) is 3. The van der Waals surface area contributed by atoms with Gasteiger partial charge in [0.2, 0.25) is 0 Å². The number of benzene rings is 3. The van der Waals surface area contributed by atoms with Crippen molar-refractivity contribution in [3.05, 3.63) is 104 Å². The van der Waals surface area contributed by atoms with Crippen LogP contribution in [0.15, 0.2) is 88.8 Å². The summed E-state index contributed by atoms with van der Waals surface area (Å²) in [6.07, 6.45) is 0. The fraction of sp³-hybridized carbons (Fsp3) is 0.115. The Kier molecular flexibility index (Phi) is 7.06. The molecule has 3 aromatic carbocycles. The maximum atomic E-state index is 13.8. The van der Waals surface area contributed by atoms with Crippen LogP contribution >= 0.6 is 46.9 Å². The Balaban J connectivity index is 1.67. The molecular formula is C26H20ClN3O2S3. The molecule has 0 N–H and O–H groups in total. The molecule has 0 fully saturated rings. The zero-order chi connectivity index (χ0) is 24.4. The lowest BCUT2D eigenvalue weighted by Crippen LogP contribution is -2.21. The van der Waals surface area contributed by atoms with Crippen LogP contribution < -0.4 is 10.3 Å². The highest BCUT2D eigenvalue weighted by atomic mass is 35.5. The number of fused-ring (bicyclic) bond motifs is 1. The molecule has 0 aliphatic carbocycles. The Hall–Kier alpha value is -2.91. The molecule has 0 radical (unpaired) electrons. The summed E-state index contributed by atoms with van der Waals surface area (Å²) in [4.78, 5) is 18.7. The van der Waals surface area contributed by atoms with Crippen molar-refractivity contribution in [2.45, 2.75) is 17.8 Å². The predicted molar refractivity (Wildman–Crippen MR) is 148 cm³/mol. The van der Waals surface area contributed by atoms with E-state index in [-0.39, 0.29) is 5.56 Å². The minimum Gasteiger partial charge on any atom is -0.494 e. The number of rotatable bonds is 7. The van der Waals surface area contributed by atoms with E-state index in [2.05, 4.69) is 0 Å². The highest BCUT2D eigenvalue weighted by molar-refractivity contribution is 7.98. The standard InChI is InChI=1S/C26H20ClN3O2S3/c1-2-32-21-13-11-20(12-14-21)29-23-22(35-26(29)33)24(31)30(19-9-4-3-5-10-19)25(28-23)34-16-17-7-6-8-18(27)15-17/h3-15H,2,16H2,1H3. The van der Waals surface area contributed by atoms with Gasteiger partial charge in [0.05, 0.1) is 12.3 Å². The molecule has 2 heterocycles. The van der Waals surface area contributed by atoms with Crippen molar-refractivity contribution >= 4 is 57.3 Å². The molecule has 9 heteroatoms. The van der Waals surface area contributed by atoms with Gasteiger partial charge in [-0.05, 0) is 73.2 Å². The average Bonchev–Trinajstić information content (AvgIpc) is 3.20. The Morgan fingerprint density at radius 2 is 1.74 bits per heavy atom. The minimum absolute atomic E-state index is 0.143. The number of thiazole rings is 1. The monoisotopic (exact) mass is 537 g/mol. The zero-order valence-corrected chi connectivity index (χ0v) is 21.9. The van der Waals surface area contributed by atoms with Gasteiger partial charge >= 0.3 is 0 Å². The first-order chi connectivity index (χ1) is 17.0. The van der Waals surface area contributed by atoms with Gasteiger partial charge < -0.3 is 4.74 Å². The molecular weight excluding hydrogens is 518 g/mol. The number of ether oxygens (including phenoxy) is 1. The van der Waals surface area contributed by atoms with E-state index >= 15 is 0 Å². The van der Waals surface area contributed by atoms with Crippen LogP contribution in [-0.2, 0) is 5.75 Å². The second-order valence-electron chi connectivity index (χ2n) is 7.57. The Morgan fingerprint density at radius 1 is 1.00 bits per heavy atom. The lowest BCUT2D eigenvalue weighted by atomic mass is 10.2. The number of thioether (sulfide) groups is 1. The van der Waals surface area contributed by atoms with Gasteiger partial charge in [0.15, 0.2) is 14.8 Å². The van der Waals surface area contributed by atoms with E-state index in [1.165, 1.54) is 23.1 Å². The largest absolute Gasteiger partial charge is 0.494 e. The summed E-state index contributed by atoms with van der Waals surface area (Å²) in [5.74, 6) is 1.39. The summed E-state index contributed by atoms with van der Waals surface area (Å²) in [6.45, 7) is 2.54. The van der Waals surface area contributed by atoms with Crippen LogP contribution in [0.25, 0.3) is 21.7 Å². The first kappa shape index (κ1) is 23.8. The molecule has 5 rings (SSSR count). The van der Waals surface area contributed by atoms with E-state index in [9.17, 15) is 4.79 Å². The highest BCUT2D eigenvalue weighted by Gasteiger charge is 2.19. The van der Waals surface area contributed by atoms with Gasteiger partial charge in [0.1, 0.15) is 10.4 Å². The molecule has 2 aromatic heterocycles. The molecule has 0 amide bonds. The van der Waals surface area contributed by atoms with E-state index in [1.807, 2.05) is 90.4 Å². The lowest BCUT2D eigenvalue weighted by Gasteiger charge is -2.13. The fourth-order valence-electron chi connectivity index (χ4n) is 3.70. The Morgan fingerprint density at radius 3 is 2.46 bits per heavy atom. The second kappa shape index (κ2) is 10.4. The first-order valence-corrected chi connectivity index (χ1v) is 13.5. The number of halogens is 1. The van der Waals surface area contributed by atoms with Crippen LogP contribution in [0.4, 0.5) is 0 Å². The molecule has 0 atom stereocenters. The van der Waals surface area contributed by atoms with E-state index < -0.39 is 0 Å². The maximum absolute atomic E-state index is 13.8. The molecule has 0 aliphatic heterocycles. The number of para-hydroxylation sites is 1. The van der Waals surface area contributed by atoms with Crippen LogP contribution in [0.1, 0.15) is 12.5 Å². The van der Waals surface area contributed by atoms with Crippen molar-refractivity contribution in [2.24, 2.45) is 0 Å². The van der Waals surface area contributed by atoms with Gasteiger partial charge in [-0.25, -0.2) is 4.98 Å². The summed E-state index contributed by atoms with van der Waals surface area (Å²) in [7, 11) is 0. The zero-order valence-electron chi connectivity index (χ0n) is 18.7. The van der Waals surface area contributed by atoms with Crippen molar-refractivity contribution in [1.82, 2.24) is 14.1 Å². The third-order valence-electron chi connectivity index (χ3n) is 5.25. The molecule has 5 nitrogen and oxygen atoms in total. The van der Waals surface area contributed by atoms with Crippen LogP contribution in [0.5, 0.6) is 5.75 Å². The fourth-order valence-corrected chi connectivity index (χ4v) is 6.16. The summed E-state index contributed by atoms with van der Waals surface area (Å²) >= 11 is 14.6. The van der Waals surface area contributed by atoms with E-state index in [4.69, 9.17) is 33.5 Å². The van der Waals surface area contributed by atoms with Gasteiger partial charge in [0, 0.05) is 16.5 Å². The third kappa shape index (κ3) is 4.92. The molecule has 0 unspecified atom stereocenters. The van der Waals surface area contributed by atoms with E-state index in [0.29, 0.717) is 36.8 Å². The normalized spacial score (nSPS) is 11.1. The number of aromatic nitrogens is 3. The summed E-state index contributed by atoms with van der Waals surface area (Å²) < 4.78 is 10.2. The van der Waals surface area contributed by atoms with Crippen LogP contribution in [0.3, 0.4) is 0 Å². The first-order valence-electron chi connectivity index (χ1n) is 10.9. The topological polar surface area (TPSA) is 49.0 Å². The molecule has 0 spiro atoms. The van der Waals surface area contributed by atoms with Crippen LogP contribution in [0.2, 0.25) is 5.02 Å². The lowest BCUT2D eigenvalue weighted by molar-refractivity contribution is 0.340. The highest BCUT2D eigenvalue weighted by Crippen LogP contribution is 2.30. The summed E-state index contributed by atoms with van der Waals surface area (Å²) in [6, 6.07) is 24.9. The smallest absolute Gasteiger partial charge is 0.278 e. The SMILES string of the molecule is CCOc1ccc(-n2c(=S)sc3c(=O)n(-c4ccccc4)c(SCc4cccc(Cl)c4)nc32)cc1. The molecule has 35 heavy (non-hydrogen) atoms. The van der Waals surface area contributed by atoms with Gasteiger partial charge in [-0.3, -0.25) is 13.9 Å². The molecule has 5 aromatic rings. The second-order valence-corrected chi connectivity index (χ2v) is 10.6. The minimum atomic E-state index is -0.143. The molecule has 176 valence electrons. The van der Waals surface area contributed by atoms with E-state index in [1.54, 1.807) is 4.57 Å². The van der Waals surface area contributed by atoms with Gasteiger partial charge in [-0.2, -0.15) is 0 Å². The molecule has 0 bridgehead atoms. The summed E-state index contributed by atoms with van der Waals surface area (Å²) in [5.41, 5.74) is 3.04. The van der Waals surface area contributed by atoms with Crippen LogP contribution in [-0.4, -0.2) is 20.7 Å². The van der Waals surface area contributed by atoms with Crippen molar-refractivity contribution in [3.8, 4) is 17.1 Å². The van der Waals surface area contributed by atoms with Gasteiger partial charge in [0.25, 0.3) is 5.56 Å². The Labute approximate surface area is 220 Å². The maximum Gasteiger partial charge on any atom is 0.278 e. The Bertz CT molecular complexity index is 1610. The van der Waals surface area contributed by atoms with Crippen LogP contribution in [0, 0.1) is 3.95 Å². The van der Waals surface area contributed by atoms with Gasteiger partial charge in [-0.1, -0.05) is 65.0 Å². The molecule has 0 saturated carbocycles. The van der Waals surface area contributed by atoms with E-state index in [0.717, 1.165) is 22.7 Å². The van der Waals surface area contributed by atoms with Crippen molar-refractivity contribution in [3.63, 3.8) is 0 Å². The third-order valence-corrected chi connectivity index (χ3v) is 7.85. The van der Waals surface area contributed by atoms with Gasteiger partial charge in [-0.15, -0.1) is 0 Å². The van der Waals surface area contributed by atoms with Crippen molar-refractivity contribution in [1.29, 1.82) is 0 Å².